The first kappa shape index (κ1) is 21.7. The Hall–Kier alpha value is -2.11. The highest BCUT2D eigenvalue weighted by Gasteiger charge is 2.25. The smallest absolute Gasteiger partial charge is 0.190 e. The number of hydrogen-bond donors (Lipinski definition) is 0. The molecule has 32 heavy (non-hydrogen) atoms. The van der Waals surface area contributed by atoms with Crippen molar-refractivity contribution in [2.24, 2.45) is 0 Å². The summed E-state index contributed by atoms with van der Waals surface area (Å²) in [4.78, 5) is 14.2. The van der Waals surface area contributed by atoms with Crippen LogP contribution in [0.3, 0.4) is 0 Å². The predicted molar refractivity (Wildman–Crippen MR) is 137 cm³/mol. The number of nitrogens with zero attached hydrogens (tertiary/aromatic N) is 3. The van der Waals surface area contributed by atoms with Gasteiger partial charge in [0, 0.05) is 15.6 Å². The molecule has 4 aromatic rings. The molecule has 0 saturated carbocycles. The predicted octanol–water partition coefficient (Wildman–Crippen LogP) is 8.25. The fourth-order valence-corrected chi connectivity index (χ4v) is 5.07. The Kier molecular flexibility index (Phi) is 6.13. The summed E-state index contributed by atoms with van der Waals surface area (Å²) in [5.74, 6) is 0. The number of rotatable bonds is 3. The second kappa shape index (κ2) is 9.03. The quantitative estimate of drug-likeness (QED) is 0.162. The molecule has 2 heterocycles. The lowest BCUT2D eigenvalue weighted by atomic mass is 9.84. The fraction of sp³-hybridized carbons (Fsp3) is 0.160. The zero-order chi connectivity index (χ0) is 22.2. The molecule has 0 unspecified atom stereocenters. The second-order valence-corrected chi connectivity index (χ2v) is 9.60. The standard InChI is InChI=1S/C25H18Cl3N3S/c1-32-25-30-23(28)21-20(15-7-11-18(27)12-8-15)19-4-2-3-16(22(19)29-24(21)31-25)13-14-5-9-17(26)10-6-14/h5-13H,2-4H2,1H3/b16-13+. The Balaban J connectivity index is 1.81. The largest absolute Gasteiger partial charge is 0.228 e. The van der Waals surface area contributed by atoms with Gasteiger partial charge < -0.3 is 0 Å². The molecule has 2 aromatic heterocycles. The van der Waals surface area contributed by atoms with E-state index in [-0.39, 0.29) is 0 Å². The van der Waals surface area contributed by atoms with Crippen molar-refractivity contribution in [2.75, 3.05) is 6.26 Å². The molecule has 2 aromatic carbocycles. The number of hydrogen-bond acceptors (Lipinski definition) is 4. The van der Waals surface area contributed by atoms with Gasteiger partial charge in [0.25, 0.3) is 0 Å². The van der Waals surface area contributed by atoms with Gasteiger partial charge in [-0.2, -0.15) is 0 Å². The zero-order valence-electron chi connectivity index (χ0n) is 17.2. The maximum atomic E-state index is 6.69. The summed E-state index contributed by atoms with van der Waals surface area (Å²) < 4.78 is 0. The molecule has 7 heteroatoms. The van der Waals surface area contributed by atoms with E-state index in [1.807, 2.05) is 54.8 Å². The van der Waals surface area contributed by atoms with Gasteiger partial charge in [0.15, 0.2) is 10.8 Å². The molecule has 3 nitrogen and oxygen atoms in total. The summed E-state index contributed by atoms with van der Waals surface area (Å²) in [6.07, 6.45) is 7.01. The SMILES string of the molecule is CSc1nc(Cl)c2c(-c3ccc(Cl)cc3)c3c(nc2n1)/C(=C/c1ccc(Cl)cc1)CCC3. The lowest BCUT2D eigenvalue weighted by molar-refractivity contribution is 0.814. The van der Waals surface area contributed by atoms with E-state index in [1.54, 1.807) is 0 Å². The van der Waals surface area contributed by atoms with Gasteiger partial charge in [-0.1, -0.05) is 70.8 Å². The van der Waals surface area contributed by atoms with Crippen molar-refractivity contribution in [1.82, 2.24) is 15.0 Å². The van der Waals surface area contributed by atoms with E-state index in [4.69, 9.17) is 44.8 Å². The number of benzene rings is 2. The Morgan fingerprint density at radius 3 is 2.22 bits per heavy atom. The third kappa shape index (κ3) is 4.13. The normalized spacial score (nSPS) is 14.7. The number of fused-ring (bicyclic) bond motifs is 2. The molecule has 0 amide bonds. The Bertz CT molecular complexity index is 1350. The molecule has 0 saturated heterocycles. The number of aromatic nitrogens is 3. The topological polar surface area (TPSA) is 38.7 Å². The van der Waals surface area contributed by atoms with Crippen LogP contribution in [-0.2, 0) is 6.42 Å². The van der Waals surface area contributed by atoms with Crippen molar-refractivity contribution >= 4 is 69.2 Å². The Morgan fingerprint density at radius 1 is 0.844 bits per heavy atom. The highest BCUT2D eigenvalue weighted by atomic mass is 35.5. The first-order valence-electron chi connectivity index (χ1n) is 10.2. The molecule has 1 aliphatic rings. The van der Waals surface area contributed by atoms with Gasteiger partial charge in [-0.15, -0.1) is 0 Å². The third-order valence-corrected chi connectivity index (χ3v) is 6.91. The van der Waals surface area contributed by atoms with Crippen LogP contribution in [0, 0.1) is 0 Å². The summed E-state index contributed by atoms with van der Waals surface area (Å²) in [5.41, 5.74) is 7.12. The van der Waals surface area contributed by atoms with Crippen molar-refractivity contribution in [1.29, 1.82) is 0 Å². The van der Waals surface area contributed by atoms with E-state index < -0.39 is 0 Å². The fourth-order valence-electron chi connectivity index (χ4n) is 4.15. The molecule has 0 radical (unpaired) electrons. The van der Waals surface area contributed by atoms with Crippen LogP contribution in [0.1, 0.15) is 29.7 Å². The molecular weight excluding hydrogens is 481 g/mol. The minimum absolute atomic E-state index is 0.424. The molecule has 5 rings (SSSR count). The number of allylic oxidation sites excluding steroid dienone is 1. The van der Waals surface area contributed by atoms with Crippen LogP contribution in [0.15, 0.2) is 53.7 Å². The van der Waals surface area contributed by atoms with Crippen LogP contribution >= 0.6 is 46.6 Å². The highest BCUT2D eigenvalue weighted by Crippen LogP contribution is 2.42. The third-order valence-electron chi connectivity index (χ3n) is 5.58. The molecule has 0 atom stereocenters. The second-order valence-electron chi connectivity index (χ2n) is 7.60. The van der Waals surface area contributed by atoms with Gasteiger partial charge in [0.2, 0.25) is 0 Å². The summed E-state index contributed by atoms with van der Waals surface area (Å²) in [6, 6.07) is 15.7. The van der Waals surface area contributed by atoms with E-state index in [0.29, 0.717) is 21.0 Å². The van der Waals surface area contributed by atoms with Crippen molar-refractivity contribution in [2.45, 2.75) is 24.4 Å². The van der Waals surface area contributed by atoms with Crippen molar-refractivity contribution in [3.05, 3.63) is 80.6 Å². The van der Waals surface area contributed by atoms with Crippen LogP contribution in [-0.4, -0.2) is 21.2 Å². The summed E-state index contributed by atoms with van der Waals surface area (Å²) in [5, 5.41) is 3.24. The average Bonchev–Trinajstić information content (AvgIpc) is 2.80. The van der Waals surface area contributed by atoms with Crippen molar-refractivity contribution in [3.63, 3.8) is 0 Å². The van der Waals surface area contributed by atoms with E-state index in [0.717, 1.165) is 52.1 Å². The average molecular weight is 499 g/mol. The maximum Gasteiger partial charge on any atom is 0.190 e. The van der Waals surface area contributed by atoms with Gasteiger partial charge in [-0.05, 0) is 78.1 Å². The van der Waals surface area contributed by atoms with Gasteiger partial charge in [-0.3, -0.25) is 0 Å². The summed E-state index contributed by atoms with van der Waals surface area (Å²) >= 11 is 20.4. The highest BCUT2D eigenvalue weighted by molar-refractivity contribution is 7.98. The van der Waals surface area contributed by atoms with Crippen LogP contribution < -0.4 is 0 Å². The van der Waals surface area contributed by atoms with Crippen molar-refractivity contribution in [3.8, 4) is 11.1 Å². The van der Waals surface area contributed by atoms with E-state index >= 15 is 0 Å². The van der Waals surface area contributed by atoms with E-state index in [9.17, 15) is 0 Å². The lowest BCUT2D eigenvalue weighted by Crippen LogP contribution is -2.09. The first-order valence-corrected chi connectivity index (χ1v) is 12.6. The molecule has 0 spiro atoms. The monoisotopic (exact) mass is 497 g/mol. The number of halogens is 3. The number of thioether (sulfide) groups is 1. The van der Waals surface area contributed by atoms with Crippen LogP contribution in [0.2, 0.25) is 15.2 Å². The Labute approximate surface area is 205 Å². The first-order chi connectivity index (χ1) is 15.5. The van der Waals surface area contributed by atoms with E-state index in [2.05, 4.69) is 11.1 Å². The summed E-state index contributed by atoms with van der Waals surface area (Å²) in [6.45, 7) is 0. The van der Waals surface area contributed by atoms with Gasteiger partial charge in [-0.25, -0.2) is 15.0 Å². The van der Waals surface area contributed by atoms with Crippen molar-refractivity contribution < 1.29 is 0 Å². The van der Waals surface area contributed by atoms with Crippen LogP contribution in [0.5, 0.6) is 0 Å². The zero-order valence-corrected chi connectivity index (χ0v) is 20.3. The Morgan fingerprint density at radius 2 is 1.53 bits per heavy atom. The molecular formula is C25H18Cl3N3S. The lowest BCUT2D eigenvalue weighted by Gasteiger charge is -2.23. The minimum Gasteiger partial charge on any atom is -0.228 e. The van der Waals surface area contributed by atoms with E-state index in [1.165, 1.54) is 22.9 Å². The van der Waals surface area contributed by atoms with Gasteiger partial charge >= 0.3 is 0 Å². The van der Waals surface area contributed by atoms with Gasteiger partial charge in [0.05, 0.1) is 11.1 Å². The van der Waals surface area contributed by atoms with Crippen LogP contribution in [0.4, 0.5) is 0 Å². The molecule has 1 aliphatic carbocycles. The maximum absolute atomic E-state index is 6.69. The molecule has 0 bridgehead atoms. The molecule has 0 fully saturated rings. The minimum atomic E-state index is 0.424. The van der Waals surface area contributed by atoms with Gasteiger partial charge in [0.1, 0.15) is 5.15 Å². The van der Waals surface area contributed by atoms with Crippen LogP contribution in [0.25, 0.3) is 33.8 Å². The molecule has 160 valence electrons. The number of pyridine rings is 1. The molecule has 0 aliphatic heterocycles. The summed E-state index contributed by atoms with van der Waals surface area (Å²) in [7, 11) is 0. The molecule has 0 N–H and O–H groups in total.